The molecule has 2 N–H and O–H groups in total. The van der Waals surface area contributed by atoms with Gasteiger partial charge in [-0.1, -0.05) is 54.6 Å². The number of aliphatic hydroxyl groups is 1. The fraction of sp³-hybridized carbons (Fsp3) is 0.481. The van der Waals surface area contributed by atoms with Crippen molar-refractivity contribution in [3.63, 3.8) is 0 Å². The average molecular weight is 453 g/mol. The van der Waals surface area contributed by atoms with Gasteiger partial charge in [0.15, 0.2) is 0 Å². The summed E-state index contributed by atoms with van der Waals surface area (Å²) in [5.74, 6) is 0.0296. The topological polar surface area (TPSA) is 78.9 Å². The fourth-order valence-electron chi connectivity index (χ4n) is 4.24. The first-order valence-electron chi connectivity index (χ1n) is 11.8. The van der Waals surface area contributed by atoms with Gasteiger partial charge in [0.1, 0.15) is 5.60 Å². The molecule has 1 saturated heterocycles. The lowest BCUT2D eigenvalue weighted by atomic mass is 9.98. The van der Waals surface area contributed by atoms with Crippen LogP contribution in [0.4, 0.5) is 4.79 Å². The van der Waals surface area contributed by atoms with Gasteiger partial charge in [-0.25, -0.2) is 4.79 Å². The van der Waals surface area contributed by atoms with E-state index in [9.17, 15) is 14.7 Å². The van der Waals surface area contributed by atoms with Crippen molar-refractivity contribution in [1.82, 2.24) is 10.2 Å². The monoisotopic (exact) mass is 452 g/mol. The molecule has 2 amide bonds. The first-order chi connectivity index (χ1) is 15.7. The van der Waals surface area contributed by atoms with Crippen LogP contribution in [0.1, 0.15) is 52.0 Å². The van der Waals surface area contributed by atoms with Crippen LogP contribution in [0.5, 0.6) is 0 Å². The molecule has 1 unspecified atom stereocenters. The van der Waals surface area contributed by atoms with E-state index in [1.165, 1.54) is 0 Å². The molecular formula is C27H36N2O4. The lowest BCUT2D eigenvalue weighted by molar-refractivity contribution is -0.133. The molecule has 0 saturated carbocycles. The summed E-state index contributed by atoms with van der Waals surface area (Å²) in [5.41, 5.74) is 2.78. The number of rotatable bonds is 8. The zero-order valence-electron chi connectivity index (χ0n) is 19.9. The van der Waals surface area contributed by atoms with Crippen LogP contribution < -0.4 is 5.32 Å². The van der Waals surface area contributed by atoms with Gasteiger partial charge in [-0.15, -0.1) is 0 Å². The molecule has 178 valence electrons. The van der Waals surface area contributed by atoms with Crippen molar-refractivity contribution in [1.29, 1.82) is 0 Å². The smallest absolute Gasteiger partial charge is 0.407 e. The highest BCUT2D eigenvalue weighted by Gasteiger charge is 2.28. The van der Waals surface area contributed by atoms with Crippen LogP contribution in [-0.2, 0) is 16.0 Å². The number of nitrogens with zero attached hydrogens (tertiary/aromatic N) is 1. The maximum absolute atomic E-state index is 12.8. The summed E-state index contributed by atoms with van der Waals surface area (Å²) in [4.78, 5) is 27.0. The summed E-state index contributed by atoms with van der Waals surface area (Å²) in [7, 11) is 0. The largest absolute Gasteiger partial charge is 0.444 e. The first kappa shape index (κ1) is 24.8. The first-order valence-corrected chi connectivity index (χ1v) is 11.8. The van der Waals surface area contributed by atoms with Gasteiger partial charge in [0.05, 0.1) is 12.6 Å². The number of carbonyl (C=O) groups excluding carboxylic acids is 2. The molecule has 0 aromatic heterocycles. The lowest BCUT2D eigenvalue weighted by Crippen LogP contribution is -2.42. The Morgan fingerprint density at radius 3 is 2.39 bits per heavy atom. The van der Waals surface area contributed by atoms with E-state index in [2.05, 4.69) is 41.7 Å². The van der Waals surface area contributed by atoms with E-state index in [-0.39, 0.29) is 24.6 Å². The normalized spacial score (nSPS) is 17.0. The van der Waals surface area contributed by atoms with E-state index in [1.807, 2.05) is 39.0 Å². The Morgan fingerprint density at radius 2 is 1.76 bits per heavy atom. The highest BCUT2D eigenvalue weighted by molar-refractivity contribution is 5.77. The van der Waals surface area contributed by atoms with Crippen LogP contribution in [0.2, 0.25) is 0 Å². The highest BCUT2D eigenvalue weighted by atomic mass is 16.6. The van der Waals surface area contributed by atoms with Gasteiger partial charge in [0.2, 0.25) is 5.91 Å². The molecule has 2 aromatic carbocycles. The maximum atomic E-state index is 12.8. The lowest BCUT2D eigenvalue weighted by Gasteiger charge is -2.26. The SMILES string of the molecule is CC(C)(C)OC(=O)N[C@@H](CCC(=O)N1CCCC1CO)Cc1ccc(-c2ccccc2)cc1. The second-order valence-electron chi connectivity index (χ2n) is 9.71. The molecule has 1 aliphatic rings. The number of hydrogen-bond donors (Lipinski definition) is 2. The van der Waals surface area contributed by atoms with Crippen LogP contribution in [0, 0.1) is 0 Å². The summed E-state index contributed by atoms with van der Waals surface area (Å²) >= 11 is 0. The highest BCUT2D eigenvalue weighted by Crippen LogP contribution is 2.22. The van der Waals surface area contributed by atoms with E-state index >= 15 is 0 Å². The standard InChI is InChI=1S/C27H36N2O4/c1-27(2,3)33-26(32)28-23(15-16-25(31)29-17-7-10-24(29)19-30)18-20-11-13-22(14-12-20)21-8-5-4-6-9-21/h4-6,8-9,11-14,23-24,30H,7,10,15-19H2,1-3H3,(H,28,32)/t23-,24?/m0/s1. The Hall–Kier alpha value is -2.86. The third-order valence-corrected chi connectivity index (χ3v) is 5.88. The maximum Gasteiger partial charge on any atom is 0.407 e. The minimum Gasteiger partial charge on any atom is -0.444 e. The van der Waals surface area contributed by atoms with E-state index in [1.54, 1.807) is 4.90 Å². The average Bonchev–Trinajstić information content (AvgIpc) is 3.26. The van der Waals surface area contributed by atoms with Crippen molar-refractivity contribution in [2.24, 2.45) is 0 Å². The molecule has 33 heavy (non-hydrogen) atoms. The molecule has 0 radical (unpaired) electrons. The van der Waals surface area contributed by atoms with Crippen LogP contribution in [0.25, 0.3) is 11.1 Å². The van der Waals surface area contributed by atoms with E-state index in [4.69, 9.17) is 4.74 Å². The molecule has 0 bridgehead atoms. The molecule has 3 rings (SSSR count). The molecule has 6 heteroatoms. The van der Waals surface area contributed by atoms with E-state index < -0.39 is 11.7 Å². The number of alkyl carbamates (subject to hydrolysis) is 1. The number of nitrogens with one attached hydrogen (secondary N) is 1. The molecule has 0 aliphatic carbocycles. The predicted octanol–water partition coefficient (Wildman–Crippen LogP) is 4.55. The Balaban J connectivity index is 1.66. The van der Waals surface area contributed by atoms with Crippen molar-refractivity contribution in [2.45, 2.75) is 70.6 Å². The third kappa shape index (κ3) is 7.60. The summed E-state index contributed by atoms with van der Waals surface area (Å²) in [6, 6.07) is 18.2. The minimum atomic E-state index is -0.592. The number of benzene rings is 2. The van der Waals surface area contributed by atoms with Crippen molar-refractivity contribution in [3.8, 4) is 11.1 Å². The van der Waals surface area contributed by atoms with Crippen LogP contribution in [0.15, 0.2) is 54.6 Å². The molecule has 0 spiro atoms. The van der Waals surface area contributed by atoms with Crippen molar-refractivity contribution in [3.05, 3.63) is 60.2 Å². The van der Waals surface area contributed by atoms with Gasteiger partial charge < -0.3 is 20.1 Å². The molecule has 1 aliphatic heterocycles. The zero-order valence-corrected chi connectivity index (χ0v) is 19.9. The van der Waals surface area contributed by atoms with Crippen LogP contribution in [-0.4, -0.2) is 52.8 Å². The summed E-state index contributed by atoms with van der Waals surface area (Å²) in [5, 5.41) is 12.5. The minimum absolute atomic E-state index is 0.000903. The van der Waals surface area contributed by atoms with Gasteiger partial charge in [-0.2, -0.15) is 0 Å². The number of ether oxygens (including phenoxy) is 1. The summed E-state index contributed by atoms with van der Waals surface area (Å²) in [6.07, 6.45) is 2.72. The van der Waals surface area contributed by atoms with Gasteiger partial charge in [-0.05, 0) is 63.1 Å². The Kier molecular flexibility index (Phi) is 8.50. The van der Waals surface area contributed by atoms with Gasteiger partial charge in [0, 0.05) is 19.0 Å². The predicted molar refractivity (Wildman–Crippen MR) is 130 cm³/mol. The Bertz CT molecular complexity index is 906. The number of hydrogen-bond acceptors (Lipinski definition) is 4. The van der Waals surface area contributed by atoms with E-state index in [0.29, 0.717) is 25.8 Å². The van der Waals surface area contributed by atoms with Gasteiger partial charge in [-0.3, -0.25) is 4.79 Å². The number of likely N-dealkylation sites (tertiary alicyclic amines) is 1. The third-order valence-electron chi connectivity index (χ3n) is 5.88. The zero-order chi connectivity index (χ0) is 23.8. The molecule has 1 fully saturated rings. The van der Waals surface area contributed by atoms with Crippen LogP contribution in [0.3, 0.4) is 0 Å². The quantitative estimate of drug-likeness (QED) is 0.616. The summed E-state index contributed by atoms with van der Waals surface area (Å²) < 4.78 is 5.45. The van der Waals surface area contributed by atoms with Gasteiger partial charge in [0.25, 0.3) is 0 Å². The van der Waals surface area contributed by atoms with E-state index in [0.717, 1.165) is 29.5 Å². The molecule has 1 heterocycles. The van der Waals surface area contributed by atoms with Crippen LogP contribution >= 0.6 is 0 Å². The van der Waals surface area contributed by atoms with Crippen molar-refractivity contribution < 1.29 is 19.4 Å². The van der Waals surface area contributed by atoms with Gasteiger partial charge >= 0.3 is 6.09 Å². The summed E-state index contributed by atoms with van der Waals surface area (Å²) in [6.45, 7) is 6.18. The molecule has 6 nitrogen and oxygen atoms in total. The number of carbonyl (C=O) groups is 2. The Labute approximate surface area is 196 Å². The van der Waals surface area contributed by atoms with Crippen molar-refractivity contribution >= 4 is 12.0 Å². The molecule has 2 atom stereocenters. The van der Waals surface area contributed by atoms with Crippen molar-refractivity contribution in [2.75, 3.05) is 13.2 Å². The molecule has 2 aromatic rings. The second-order valence-corrected chi connectivity index (χ2v) is 9.71. The fourth-order valence-corrected chi connectivity index (χ4v) is 4.24. The number of aliphatic hydroxyl groups excluding tert-OH is 1. The number of amides is 2. The Morgan fingerprint density at radius 1 is 1.09 bits per heavy atom. The second kappa shape index (κ2) is 11.3. The molecular weight excluding hydrogens is 416 g/mol.